The van der Waals surface area contributed by atoms with Crippen LogP contribution in [0, 0.1) is 0 Å². The van der Waals surface area contributed by atoms with Crippen molar-refractivity contribution >= 4 is 0 Å². The number of aromatic hydroxyl groups is 2. The van der Waals surface area contributed by atoms with E-state index in [1.165, 1.54) is 6.07 Å². The summed E-state index contributed by atoms with van der Waals surface area (Å²) in [6.45, 7) is 2.09. The molecule has 0 aliphatic carbocycles. The van der Waals surface area contributed by atoms with Crippen LogP contribution in [0.4, 0.5) is 0 Å². The van der Waals surface area contributed by atoms with Crippen molar-refractivity contribution in [3.63, 3.8) is 0 Å². The minimum atomic E-state index is -0.123. The topological polar surface area (TPSA) is 75.7 Å². The van der Waals surface area contributed by atoms with Crippen LogP contribution in [0.5, 0.6) is 11.5 Å². The summed E-state index contributed by atoms with van der Waals surface area (Å²) in [6, 6.07) is 4.81. The lowest BCUT2D eigenvalue weighted by Crippen LogP contribution is -2.11. The summed E-state index contributed by atoms with van der Waals surface area (Å²) < 4.78 is 5.21. The Balaban J connectivity index is 2.35. The van der Waals surface area contributed by atoms with Crippen LogP contribution in [-0.2, 0) is 4.74 Å². The molecule has 1 aliphatic rings. The van der Waals surface area contributed by atoms with Gasteiger partial charge in [-0.15, -0.1) is 0 Å². The molecule has 18 heavy (non-hydrogen) atoms. The molecule has 0 spiro atoms. The fraction of sp³-hybridized carbons (Fsp3) is 0.286. The van der Waals surface area contributed by atoms with Crippen LogP contribution in [0.1, 0.15) is 31.2 Å². The molecule has 1 aliphatic heterocycles. The molecule has 1 heterocycles. The maximum Gasteiger partial charge on any atom is 0.186 e. The van der Waals surface area contributed by atoms with E-state index >= 15 is 0 Å². The Bertz CT molecular complexity index is 506. The van der Waals surface area contributed by atoms with Gasteiger partial charge in [0.15, 0.2) is 17.4 Å². The summed E-state index contributed by atoms with van der Waals surface area (Å²) in [5, 5.41) is 18.9. The third-order valence-electron chi connectivity index (χ3n) is 2.97. The van der Waals surface area contributed by atoms with Gasteiger partial charge in [-0.25, -0.2) is 0 Å². The van der Waals surface area contributed by atoms with Gasteiger partial charge in [0.25, 0.3) is 0 Å². The Kier molecular flexibility index (Phi) is 3.46. The molecule has 1 aromatic rings. The first kappa shape index (κ1) is 12.4. The molecule has 0 aromatic heterocycles. The van der Waals surface area contributed by atoms with Gasteiger partial charge >= 0.3 is 0 Å². The molecule has 0 saturated heterocycles. The minimum Gasteiger partial charge on any atom is -0.504 e. The van der Waals surface area contributed by atoms with E-state index in [0.717, 1.165) is 24.0 Å². The normalized spacial score (nSPS) is 18.8. The number of ether oxygens (including phenoxy) is 1. The molecule has 0 amide bonds. The highest BCUT2D eigenvalue weighted by atomic mass is 16.5. The van der Waals surface area contributed by atoms with Crippen molar-refractivity contribution in [3.8, 4) is 11.5 Å². The van der Waals surface area contributed by atoms with E-state index in [-0.39, 0.29) is 17.4 Å². The molecule has 0 bridgehead atoms. The quantitative estimate of drug-likeness (QED) is 0.718. The molecule has 4 N–H and O–H groups in total. The molecule has 4 nitrogen and oxygen atoms in total. The largest absolute Gasteiger partial charge is 0.504 e. The molecule has 1 unspecified atom stereocenters. The van der Waals surface area contributed by atoms with Gasteiger partial charge in [-0.05, 0) is 35.8 Å². The van der Waals surface area contributed by atoms with Crippen molar-refractivity contribution in [1.29, 1.82) is 0 Å². The average molecular weight is 247 g/mol. The SMILES string of the molecule is CCCC1=COC(N)=CC1c1ccc(O)c(O)c1. The van der Waals surface area contributed by atoms with Crippen molar-refractivity contribution < 1.29 is 14.9 Å². The number of nitrogens with two attached hydrogens (primary N) is 1. The summed E-state index contributed by atoms with van der Waals surface area (Å²) in [4.78, 5) is 0. The van der Waals surface area contributed by atoms with Gasteiger partial charge in [0.2, 0.25) is 0 Å². The molecule has 1 atom stereocenters. The number of benzene rings is 1. The van der Waals surface area contributed by atoms with Crippen LogP contribution >= 0.6 is 0 Å². The monoisotopic (exact) mass is 247 g/mol. The fourth-order valence-electron chi connectivity index (χ4n) is 2.07. The number of phenolic OH excluding ortho intramolecular Hbond substituents is 2. The standard InChI is InChI=1S/C14H17NO3/c1-2-3-10-8-18-14(15)7-11(10)9-4-5-12(16)13(17)6-9/h4-8,11,16-17H,2-3,15H2,1H3. The fourth-order valence-corrected chi connectivity index (χ4v) is 2.07. The molecule has 0 radical (unpaired) electrons. The van der Waals surface area contributed by atoms with E-state index in [1.54, 1.807) is 18.4 Å². The molecular formula is C14H17NO3. The van der Waals surface area contributed by atoms with Crippen LogP contribution in [-0.4, -0.2) is 10.2 Å². The predicted molar refractivity (Wildman–Crippen MR) is 68.9 cm³/mol. The van der Waals surface area contributed by atoms with Crippen LogP contribution < -0.4 is 5.73 Å². The summed E-state index contributed by atoms with van der Waals surface area (Å²) >= 11 is 0. The number of rotatable bonds is 3. The van der Waals surface area contributed by atoms with E-state index < -0.39 is 0 Å². The lowest BCUT2D eigenvalue weighted by atomic mass is 9.88. The highest BCUT2D eigenvalue weighted by molar-refractivity contribution is 5.45. The van der Waals surface area contributed by atoms with Crippen LogP contribution in [0.3, 0.4) is 0 Å². The van der Waals surface area contributed by atoms with E-state index in [1.807, 2.05) is 6.08 Å². The van der Waals surface area contributed by atoms with Gasteiger partial charge in [0, 0.05) is 5.92 Å². The molecule has 0 saturated carbocycles. The maximum absolute atomic E-state index is 9.56. The first-order valence-electron chi connectivity index (χ1n) is 5.96. The van der Waals surface area contributed by atoms with Gasteiger partial charge in [0.1, 0.15) is 0 Å². The minimum absolute atomic E-state index is 0.00907. The zero-order valence-electron chi connectivity index (χ0n) is 10.3. The molecule has 4 heteroatoms. The van der Waals surface area contributed by atoms with Gasteiger partial charge in [-0.2, -0.15) is 0 Å². The van der Waals surface area contributed by atoms with Crippen molar-refractivity contribution in [1.82, 2.24) is 0 Å². The summed E-state index contributed by atoms with van der Waals surface area (Å²) in [5.74, 6) is 0.100. The van der Waals surface area contributed by atoms with Crippen molar-refractivity contribution in [2.24, 2.45) is 5.73 Å². The molecular weight excluding hydrogens is 230 g/mol. The van der Waals surface area contributed by atoms with Crippen LogP contribution in [0.25, 0.3) is 0 Å². The van der Waals surface area contributed by atoms with E-state index in [2.05, 4.69) is 6.92 Å². The average Bonchev–Trinajstić information content (AvgIpc) is 2.35. The summed E-state index contributed by atoms with van der Waals surface area (Å²) in [7, 11) is 0. The molecule has 96 valence electrons. The predicted octanol–water partition coefficient (Wildman–Crippen LogP) is 2.70. The molecule has 2 rings (SSSR count). The van der Waals surface area contributed by atoms with Gasteiger partial charge in [-0.3, -0.25) is 0 Å². The van der Waals surface area contributed by atoms with E-state index in [4.69, 9.17) is 10.5 Å². The highest BCUT2D eigenvalue weighted by Gasteiger charge is 2.20. The lowest BCUT2D eigenvalue weighted by molar-refractivity contribution is 0.325. The van der Waals surface area contributed by atoms with E-state index in [0.29, 0.717) is 5.88 Å². The number of hydrogen-bond acceptors (Lipinski definition) is 4. The third kappa shape index (κ3) is 2.42. The van der Waals surface area contributed by atoms with E-state index in [9.17, 15) is 10.2 Å². The highest BCUT2D eigenvalue weighted by Crippen LogP contribution is 2.36. The van der Waals surface area contributed by atoms with Crippen molar-refractivity contribution in [2.45, 2.75) is 25.7 Å². The summed E-state index contributed by atoms with van der Waals surface area (Å²) in [6.07, 6.45) is 5.39. The van der Waals surface area contributed by atoms with Crippen LogP contribution in [0.15, 0.2) is 42.0 Å². The Hall–Kier alpha value is -2.10. The first-order chi connectivity index (χ1) is 8.61. The van der Waals surface area contributed by atoms with Gasteiger partial charge in [0.05, 0.1) is 6.26 Å². The molecule has 1 aromatic carbocycles. The number of hydrogen-bond donors (Lipinski definition) is 3. The Labute approximate surface area is 106 Å². The Morgan fingerprint density at radius 2 is 2.06 bits per heavy atom. The Morgan fingerprint density at radius 1 is 1.28 bits per heavy atom. The number of phenols is 2. The number of allylic oxidation sites excluding steroid dienone is 2. The van der Waals surface area contributed by atoms with Gasteiger partial charge < -0.3 is 20.7 Å². The van der Waals surface area contributed by atoms with Crippen molar-refractivity contribution in [2.75, 3.05) is 0 Å². The second-order valence-electron chi connectivity index (χ2n) is 4.36. The second kappa shape index (κ2) is 5.04. The maximum atomic E-state index is 9.56. The zero-order chi connectivity index (χ0) is 13.1. The third-order valence-corrected chi connectivity index (χ3v) is 2.97. The second-order valence-corrected chi connectivity index (χ2v) is 4.36. The van der Waals surface area contributed by atoms with Gasteiger partial charge in [-0.1, -0.05) is 19.4 Å². The molecule has 0 fully saturated rings. The zero-order valence-corrected chi connectivity index (χ0v) is 10.3. The first-order valence-corrected chi connectivity index (χ1v) is 5.96. The van der Waals surface area contributed by atoms with Crippen LogP contribution in [0.2, 0.25) is 0 Å². The lowest BCUT2D eigenvalue weighted by Gasteiger charge is -2.22. The summed E-state index contributed by atoms with van der Waals surface area (Å²) in [5.41, 5.74) is 7.66. The Morgan fingerprint density at radius 3 is 2.72 bits per heavy atom. The smallest absolute Gasteiger partial charge is 0.186 e. The van der Waals surface area contributed by atoms with Crippen molar-refractivity contribution in [3.05, 3.63) is 47.6 Å².